The van der Waals surface area contributed by atoms with Gasteiger partial charge >= 0.3 is 0 Å². The lowest BCUT2D eigenvalue weighted by molar-refractivity contribution is 0.446. The molecule has 2 heteroatoms. The molecule has 1 aliphatic carbocycles. The molecule has 2 nitrogen and oxygen atoms in total. The van der Waals surface area contributed by atoms with E-state index in [1.165, 1.54) is 17.5 Å². The van der Waals surface area contributed by atoms with E-state index in [-0.39, 0.29) is 0 Å². The van der Waals surface area contributed by atoms with Crippen LogP contribution in [0.25, 0.3) is 0 Å². The van der Waals surface area contributed by atoms with Crippen LogP contribution in [0, 0.1) is 5.92 Å². The Labute approximate surface area is 73.0 Å². The Bertz CT molecular complexity index is 283. The number of hydrogen-bond donors (Lipinski definition) is 1. The molecule has 2 unspecified atom stereocenters. The normalized spacial score (nSPS) is 27.2. The molecule has 64 valence electrons. The van der Waals surface area contributed by atoms with Crippen LogP contribution in [0.3, 0.4) is 0 Å². The minimum atomic E-state index is 0.508. The highest BCUT2D eigenvalue weighted by atomic mass is 14.9. The standard InChI is InChI=1S/C10H14N2/c1-7-5-8-3-4-12-6-9(8)10(7)11-2/h3-4,6-7,10-11H,5H2,1-2H3. The number of nitrogens with one attached hydrogen (secondary N) is 1. The van der Waals surface area contributed by atoms with Crippen LogP contribution in [0.2, 0.25) is 0 Å². The van der Waals surface area contributed by atoms with Gasteiger partial charge in [0.1, 0.15) is 0 Å². The van der Waals surface area contributed by atoms with Crippen LogP contribution in [0.4, 0.5) is 0 Å². The molecular formula is C10H14N2. The Balaban J connectivity index is 2.40. The first kappa shape index (κ1) is 7.74. The maximum absolute atomic E-state index is 4.15. The van der Waals surface area contributed by atoms with E-state index < -0.39 is 0 Å². The monoisotopic (exact) mass is 162 g/mol. The van der Waals surface area contributed by atoms with Crippen LogP contribution < -0.4 is 5.32 Å². The zero-order valence-electron chi connectivity index (χ0n) is 7.54. The summed E-state index contributed by atoms with van der Waals surface area (Å²) in [6.07, 6.45) is 5.05. The van der Waals surface area contributed by atoms with Crippen molar-refractivity contribution in [2.45, 2.75) is 19.4 Å². The van der Waals surface area contributed by atoms with Crippen LogP contribution in [-0.4, -0.2) is 12.0 Å². The molecule has 2 atom stereocenters. The van der Waals surface area contributed by atoms with Crippen molar-refractivity contribution in [2.75, 3.05) is 7.05 Å². The maximum Gasteiger partial charge on any atom is 0.0364 e. The van der Waals surface area contributed by atoms with E-state index in [2.05, 4.69) is 23.3 Å². The lowest BCUT2D eigenvalue weighted by Crippen LogP contribution is -2.19. The summed E-state index contributed by atoms with van der Waals surface area (Å²) in [5, 5.41) is 3.33. The van der Waals surface area contributed by atoms with Gasteiger partial charge in [-0.05, 0) is 36.6 Å². The molecule has 1 N–H and O–H groups in total. The van der Waals surface area contributed by atoms with Gasteiger partial charge in [0.25, 0.3) is 0 Å². The van der Waals surface area contributed by atoms with Gasteiger partial charge in [-0.2, -0.15) is 0 Å². The molecule has 0 fully saturated rings. The summed E-state index contributed by atoms with van der Waals surface area (Å²) in [7, 11) is 2.02. The number of rotatable bonds is 1. The van der Waals surface area contributed by atoms with Gasteiger partial charge < -0.3 is 5.32 Å². The smallest absolute Gasteiger partial charge is 0.0364 e. The van der Waals surface area contributed by atoms with Crippen LogP contribution in [-0.2, 0) is 6.42 Å². The van der Waals surface area contributed by atoms with Crippen molar-refractivity contribution in [2.24, 2.45) is 5.92 Å². The number of nitrogens with zero attached hydrogens (tertiary/aromatic N) is 1. The van der Waals surface area contributed by atoms with Crippen LogP contribution in [0.15, 0.2) is 18.5 Å². The Morgan fingerprint density at radius 2 is 2.42 bits per heavy atom. The topological polar surface area (TPSA) is 24.9 Å². The fourth-order valence-electron chi connectivity index (χ4n) is 2.11. The number of fused-ring (bicyclic) bond motifs is 1. The van der Waals surface area contributed by atoms with Crippen LogP contribution >= 0.6 is 0 Å². The van der Waals surface area contributed by atoms with Gasteiger partial charge in [-0.25, -0.2) is 0 Å². The second-order valence-corrected chi connectivity index (χ2v) is 3.52. The zero-order chi connectivity index (χ0) is 8.55. The lowest BCUT2D eigenvalue weighted by Gasteiger charge is -2.14. The number of pyridine rings is 1. The summed E-state index contributed by atoms with van der Waals surface area (Å²) < 4.78 is 0. The van der Waals surface area contributed by atoms with Gasteiger partial charge in [-0.15, -0.1) is 0 Å². The average Bonchev–Trinajstić information content (AvgIpc) is 2.40. The maximum atomic E-state index is 4.15. The predicted molar refractivity (Wildman–Crippen MR) is 48.9 cm³/mol. The molecule has 0 aliphatic heterocycles. The Kier molecular flexibility index (Phi) is 1.85. The average molecular weight is 162 g/mol. The summed E-state index contributed by atoms with van der Waals surface area (Å²) in [5.41, 5.74) is 2.84. The van der Waals surface area contributed by atoms with E-state index in [0.29, 0.717) is 12.0 Å². The third-order valence-electron chi connectivity index (χ3n) is 2.70. The van der Waals surface area contributed by atoms with Crippen molar-refractivity contribution >= 4 is 0 Å². The minimum Gasteiger partial charge on any atom is -0.313 e. The van der Waals surface area contributed by atoms with Crippen molar-refractivity contribution in [3.8, 4) is 0 Å². The quantitative estimate of drug-likeness (QED) is 0.677. The molecule has 0 bridgehead atoms. The molecule has 0 aromatic carbocycles. The first-order valence-corrected chi connectivity index (χ1v) is 4.43. The summed E-state index contributed by atoms with van der Waals surface area (Å²) >= 11 is 0. The zero-order valence-corrected chi connectivity index (χ0v) is 7.54. The molecule has 1 aliphatic rings. The summed E-state index contributed by atoms with van der Waals surface area (Å²) in [4.78, 5) is 4.15. The van der Waals surface area contributed by atoms with E-state index >= 15 is 0 Å². The van der Waals surface area contributed by atoms with Gasteiger partial charge in [-0.1, -0.05) is 6.92 Å². The largest absolute Gasteiger partial charge is 0.313 e. The van der Waals surface area contributed by atoms with E-state index in [0.717, 1.165) is 0 Å². The summed E-state index contributed by atoms with van der Waals surface area (Å²) in [6.45, 7) is 2.28. The molecule has 1 aromatic rings. The molecular weight excluding hydrogens is 148 g/mol. The third kappa shape index (κ3) is 1.03. The Hall–Kier alpha value is -0.890. The van der Waals surface area contributed by atoms with Gasteiger partial charge in [0.15, 0.2) is 0 Å². The molecule has 0 radical (unpaired) electrons. The van der Waals surface area contributed by atoms with Crippen molar-refractivity contribution in [1.82, 2.24) is 10.3 Å². The van der Waals surface area contributed by atoms with Crippen molar-refractivity contribution in [3.63, 3.8) is 0 Å². The first-order chi connectivity index (χ1) is 5.83. The number of aromatic nitrogens is 1. The minimum absolute atomic E-state index is 0.508. The fourth-order valence-corrected chi connectivity index (χ4v) is 2.11. The molecule has 1 aromatic heterocycles. The summed E-state index contributed by atoms with van der Waals surface area (Å²) in [6, 6.07) is 2.64. The lowest BCUT2D eigenvalue weighted by atomic mass is 10.0. The van der Waals surface area contributed by atoms with Gasteiger partial charge in [0.2, 0.25) is 0 Å². The van der Waals surface area contributed by atoms with Crippen molar-refractivity contribution < 1.29 is 0 Å². The second-order valence-electron chi connectivity index (χ2n) is 3.52. The van der Waals surface area contributed by atoms with Gasteiger partial charge in [-0.3, -0.25) is 4.98 Å². The molecule has 12 heavy (non-hydrogen) atoms. The second kappa shape index (κ2) is 2.87. The predicted octanol–water partition coefficient (Wildman–Crippen LogP) is 1.53. The van der Waals surface area contributed by atoms with E-state index in [1.54, 1.807) is 0 Å². The highest BCUT2D eigenvalue weighted by Gasteiger charge is 2.27. The molecule has 0 spiro atoms. The van der Waals surface area contributed by atoms with Crippen LogP contribution in [0.1, 0.15) is 24.1 Å². The fraction of sp³-hybridized carbons (Fsp3) is 0.500. The molecule has 0 amide bonds. The molecule has 0 saturated heterocycles. The van der Waals surface area contributed by atoms with Crippen molar-refractivity contribution in [3.05, 3.63) is 29.6 Å². The first-order valence-electron chi connectivity index (χ1n) is 4.43. The molecule has 2 rings (SSSR count). The highest BCUT2D eigenvalue weighted by molar-refractivity contribution is 5.32. The number of hydrogen-bond acceptors (Lipinski definition) is 2. The van der Waals surface area contributed by atoms with E-state index in [4.69, 9.17) is 0 Å². The molecule has 0 saturated carbocycles. The highest BCUT2D eigenvalue weighted by Crippen LogP contribution is 2.34. The Morgan fingerprint density at radius 1 is 1.58 bits per heavy atom. The third-order valence-corrected chi connectivity index (χ3v) is 2.70. The van der Waals surface area contributed by atoms with Crippen LogP contribution in [0.5, 0.6) is 0 Å². The van der Waals surface area contributed by atoms with Gasteiger partial charge in [0.05, 0.1) is 0 Å². The SMILES string of the molecule is CNC1c2cnccc2CC1C. The van der Waals surface area contributed by atoms with Crippen molar-refractivity contribution in [1.29, 1.82) is 0 Å². The van der Waals surface area contributed by atoms with Gasteiger partial charge in [0, 0.05) is 18.4 Å². The summed E-state index contributed by atoms with van der Waals surface area (Å²) in [5.74, 6) is 0.703. The molecule has 1 heterocycles. The Morgan fingerprint density at radius 3 is 3.17 bits per heavy atom. The van der Waals surface area contributed by atoms with E-state index in [1.807, 2.05) is 19.4 Å². The van der Waals surface area contributed by atoms with E-state index in [9.17, 15) is 0 Å².